The van der Waals surface area contributed by atoms with Gasteiger partial charge in [0.25, 0.3) is 5.24 Å². The summed E-state index contributed by atoms with van der Waals surface area (Å²) in [6.45, 7) is 5.60. The zero-order chi connectivity index (χ0) is 19.4. The fraction of sp³-hybridized carbons (Fsp3) is 0.500. The molecule has 2 saturated heterocycles. The molecule has 2 fully saturated rings. The SMILES string of the molecule is C[C@@H](C(=O)NCCN1C(=O)CSC1=O)N1CCN(c2cccc(Cl)c2)CC1. The van der Waals surface area contributed by atoms with E-state index >= 15 is 0 Å². The number of amides is 3. The van der Waals surface area contributed by atoms with Crippen LogP contribution in [-0.2, 0) is 9.59 Å². The van der Waals surface area contributed by atoms with Gasteiger partial charge in [0.15, 0.2) is 0 Å². The Kier molecular flexibility index (Phi) is 6.62. The van der Waals surface area contributed by atoms with Gasteiger partial charge >= 0.3 is 0 Å². The van der Waals surface area contributed by atoms with E-state index in [0.717, 1.165) is 48.7 Å². The zero-order valence-corrected chi connectivity index (χ0v) is 16.8. The first-order chi connectivity index (χ1) is 13.0. The van der Waals surface area contributed by atoms with Crippen LogP contribution in [0.25, 0.3) is 0 Å². The molecule has 27 heavy (non-hydrogen) atoms. The maximum Gasteiger partial charge on any atom is 0.288 e. The molecule has 1 aromatic carbocycles. The van der Waals surface area contributed by atoms with Crippen LogP contribution in [0.5, 0.6) is 0 Å². The van der Waals surface area contributed by atoms with Crippen molar-refractivity contribution in [2.45, 2.75) is 13.0 Å². The lowest BCUT2D eigenvalue weighted by molar-refractivity contribution is -0.127. The van der Waals surface area contributed by atoms with Gasteiger partial charge in [0.05, 0.1) is 11.8 Å². The highest BCUT2D eigenvalue weighted by Crippen LogP contribution is 2.21. The highest BCUT2D eigenvalue weighted by molar-refractivity contribution is 8.14. The quantitative estimate of drug-likeness (QED) is 0.769. The third-order valence-corrected chi connectivity index (χ3v) is 5.98. The molecule has 146 valence electrons. The number of thioether (sulfide) groups is 1. The fourth-order valence-corrected chi connectivity index (χ4v) is 4.18. The van der Waals surface area contributed by atoms with Crippen molar-refractivity contribution in [1.29, 1.82) is 0 Å². The molecular formula is C18H23ClN4O3S. The lowest BCUT2D eigenvalue weighted by Crippen LogP contribution is -2.54. The number of carbonyl (C=O) groups is 3. The number of nitrogens with zero attached hydrogens (tertiary/aromatic N) is 3. The normalized spacial score (nSPS) is 19.5. The largest absolute Gasteiger partial charge is 0.369 e. The molecule has 0 unspecified atom stereocenters. The Morgan fingerprint density at radius 2 is 2.00 bits per heavy atom. The van der Waals surface area contributed by atoms with E-state index in [9.17, 15) is 14.4 Å². The van der Waals surface area contributed by atoms with Gasteiger partial charge in [-0.05, 0) is 25.1 Å². The van der Waals surface area contributed by atoms with Gasteiger partial charge in [-0.2, -0.15) is 0 Å². The number of halogens is 1. The van der Waals surface area contributed by atoms with Crippen LogP contribution in [0, 0.1) is 0 Å². The van der Waals surface area contributed by atoms with Crippen molar-refractivity contribution in [3.63, 3.8) is 0 Å². The minimum Gasteiger partial charge on any atom is -0.369 e. The first kappa shape index (κ1) is 20.0. The van der Waals surface area contributed by atoms with Gasteiger partial charge in [0, 0.05) is 50.0 Å². The predicted molar refractivity (Wildman–Crippen MR) is 107 cm³/mol. The van der Waals surface area contributed by atoms with E-state index < -0.39 is 0 Å². The molecule has 3 amide bonds. The molecule has 0 spiro atoms. The second-order valence-corrected chi connectivity index (χ2v) is 7.93. The molecule has 0 bridgehead atoms. The van der Waals surface area contributed by atoms with Crippen LogP contribution in [0.4, 0.5) is 10.5 Å². The van der Waals surface area contributed by atoms with Crippen LogP contribution in [0.2, 0.25) is 5.02 Å². The number of carbonyl (C=O) groups excluding carboxylic acids is 3. The summed E-state index contributed by atoms with van der Waals surface area (Å²) < 4.78 is 0. The number of nitrogens with one attached hydrogen (secondary N) is 1. The van der Waals surface area contributed by atoms with Gasteiger partial charge < -0.3 is 10.2 Å². The second-order valence-electron chi connectivity index (χ2n) is 6.57. The second kappa shape index (κ2) is 8.95. The van der Waals surface area contributed by atoms with Crippen LogP contribution < -0.4 is 10.2 Å². The van der Waals surface area contributed by atoms with Gasteiger partial charge in [-0.3, -0.25) is 24.2 Å². The number of hydrogen-bond donors (Lipinski definition) is 1. The third-order valence-electron chi connectivity index (χ3n) is 4.89. The highest BCUT2D eigenvalue weighted by Gasteiger charge is 2.30. The van der Waals surface area contributed by atoms with Crippen molar-refractivity contribution >= 4 is 46.1 Å². The molecule has 1 atom stereocenters. The molecule has 1 N–H and O–H groups in total. The van der Waals surface area contributed by atoms with Gasteiger partial charge in [-0.25, -0.2) is 0 Å². The van der Waals surface area contributed by atoms with E-state index in [0.29, 0.717) is 0 Å². The van der Waals surface area contributed by atoms with E-state index in [-0.39, 0.29) is 41.9 Å². The van der Waals surface area contributed by atoms with Crippen molar-refractivity contribution in [3.8, 4) is 0 Å². The Balaban J connectivity index is 1.43. The van der Waals surface area contributed by atoms with E-state index in [4.69, 9.17) is 11.6 Å². The Bertz CT molecular complexity index is 708. The number of imide groups is 1. The van der Waals surface area contributed by atoms with Crippen LogP contribution in [0.15, 0.2) is 24.3 Å². The summed E-state index contributed by atoms with van der Waals surface area (Å²) >= 11 is 7.07. The molecule has 0 aromatic heterocycles. The van der Waals surface area contributed by atoms with Crippen LogP contribution >= 0.6 is 23.4 Å². The molecule has 0 radical (unpaired) electrons. The Hall–Kier alpha value is -1.77. The minimum atomic E-state index is -0.258. The van der Waals surface area contributed by atoms with Crippen LogP contribution in [0.1, 0.15) is 6.92 Å². The number of piperazine rings is 1. The van der Waals surface area contributed by atoms with Crippen LogP contribution in [-0.4, -0.2) is 77.9 Å². The van der Waals surface area contributed by atoms with Crippen molar-refractivity contribution in [1.82, 2.24) is 15.1 Å². The number of anilines is 1. The predicted octanol–water partition coefficient (Wildman–Crippen LogP) is 1.66. The molecule has 2 heterocycles. The summed E-state index contributed by atoms with van der Waals surface area (Å²) in [4.78, 5) is 41.1. The van der Waals surface area contributed by atoms with Gasteiger partial charge in [-0.15, -0.1) is 0 Å². The molecule has 9 heteroatoms. The molecular weight excluding hydrogens is 388 g/mol. The Morgan fingerprint density at radius 3 is 2.63 bits per heavy atom. The van der Waals surface area contributed by atoms with E-state index in [2.05, 4.69) is 15.1 Å². The molecule has 0 saturated carbocycles. The maximum absolute atomic E-state index is 12.4. The average Bonchev–Trinajstić information content (AvgIpc) is 2.99. The standard InChI is InChI=1S/C18H23ClN4O3S/c1-13(17(25)20-5-6-23-16(24)12-27-18(23)26)21-7-9-22(10-8-21)15-4-2-3-14(19)11-15/h2-4,11,13H,5-10,12H2,1H3,(H,20,25)/t13-/m0/s1. The van der Waals surface area contributed by atoms with E-state index in [1.165, 1.54) is 4.90 Å². The number of hydrogen-bond acceptors (Lipinski definition) is 6. The summed E-state index contributed by atoms with van der Waals surface area (Å²) in [5.74, 6) is -0.0810. The summed E-state index contributed by atoms with van der Waals surface area (Å²) in [5.41, 5.74) is 1.09. The molecule has 1 aromatic rings. The lowest BCUT2D eigenvalue weighted by Gasteiger charge is -2.38. The summed E-state index contributed by atoms with van der Waals surface area (Å²) in [7, 11) is 0. The summed E-state index contributed by atoms with van der Waals surface area (Å²) in [6, 6.07) is 7.53. The van der Waals surface area contributed by atoms with Gasteiger partial charge in [-0.1, -0.05) is 29.4 Å². The van der Waals surface area contributed by atoms with Gasteiger partial charge in [0.1, 0.15) is 0 Å². The number of rotatable bonds is 6. The molecule has 0 aliphatic carbocycles. The van der Waals surface area contributed by atoms with Crippen LogP contribution in [0.3, 0.4) is 0 Å². The van der Waals surface area contributed by atoms with Gasteiger partial charge in [0.2, 0.25) is 11.8 Å². The number of benzene rings is 1. The Labute approximate surface area is 168 Å². The molecule has 3 rings (SSSR count). The van der Waals surface area contributed by atoms with Crippen molar-refractivity contribution in [3.05, 3.63) is 29.3 Å². The Morgan fingerprint density at radius 1 is 1.26 bits per heavy atom. The zero-order valence-electron chi connectivity index (χ0n) is 15.2. The molecule has 2 aliphatic heterocycles. The lowest BCUT2D eigenvalue weighted by atomic mass is 10.2. The fourth-order valence-electron chi connectivity index (χ4n) is 3.24. The smallest absolute Gasteiger partial charge is 0.288 e. The monoisotopic (exact) mass is 410 g/mol. The van der Waals surface area contributed by atoms with Crippen molar-refractivity contribution < 1.29 is 14.4 Å². The highest BCUT2D eigenvalue weighted by atomic mass is 35.5. The topological polar surface area (TPSA) is 73.0 Å². The third kappa shape index (κ3) is 4.94. The summed E-state index contributed by atoms with van der Waals surface area (Å²) in [5, 5.41) is 3.31. The van der Waals surface area contributed by atoms with E-state index in [1.807, 2.05) is 31.2 Å². The minimum absolute atomic E-state index is 0.0852. The average molecular weight is 411 g/mol. The molecule has 7 nitrogen and oxygen atoms in total. The van der Waals surface area contributed by atoms with E-state index in [1.54, 1.807) is 0 Å². The molecule has 2 aliphatic rings. The first-order valence-corrected chi connectivity index (χ1v) is 10.3. The van der Waals surface area contributed by atoms with Crippen molar-refractivity contribution in [2.75, 3.05) is 49.9 Å². The maximum atomic E-state index is 12.4. The first-order valence-electron chi connectivity index (χ1n) is 8.95. The summed E-state index contributed by atoms with van der Waals surface area (Å²) in [6.07, 6.45) is 0. The van der Waals surface area contributed by atoms with Crippen molar-refractivity contribution in [2.24, 2.45) is 0 Å².